The number of aliphatic hydroxyl groups is 1. The van der Waals surface area contributed by atoms with Crippen LogP contribution in [0.3, 0.4) is 0 Å². The number of hydrogen-bond donors (Lipinski definition) is 2. The van der Waals surface area contributed by atoms with Crippen LogP contribution < -0.4 is 5.73 Å². The summed E-state index contributed by atoms with van der Waals surface area (Å²) in [5, 5.41) is 17.1. The molecule has 1 aromatic rings. The highest BCUT2D eigenvalue weighted by molar-refractivity contribution is 5.80. The van der Waals surface area contributed by atoms with Gasteiger partial charge in [-0.3, -0.25) is 4.99 Å². The van der Waals surface area contributed by atoms with E-state index in [-0.39, 0.29) is 12.6 Å². The van der Waals surface area contributed by atoms with Crippen molar-refractivity contribution < 1.29 is 5.11 Å². The van der Waals surface area contributed by atoms with Crippen LogP contribution in [0.15, 0.2) is 11.2 Å². The number of hydrogen-bond acceptors (Lipinski definition) is 7. The van der Waals surface area contributed by atoms with Gasteiger partial charge < -0.3 is 20.6 Å². The van der Waals surface area contributed by atoms with E-state index in [1.54, 1.807) is 4.68 Å². The van der Waals surface area contributed by atoms with Gasteiger partial charge in [-0.1, -0.05) is 19.1 Å². The van der Waals surface area contributed by atoms with E-state index in [4.69, 9.17) is 10.8 Å². The molecule has 1 aromatic heterocycles. The lowest BCUT2D eigenvalue weighted by Crippen LogP contribution is -2.41. The summed E-state index contributed by atoms with van der Waals surface area (Å²) in [6.07, 6.45) is 1.86. The summed E-state index contributed by atoms with van der Waals surface area (Å²) in [6.45, 7) is 9.26. The van der Waals surface area contributed by atoms with Crippen LogP contribution in [0, 0.1) is 0 Å². The molecule has 118 valence electrons. The summed E-state index contributed by atoms with van der Waals surface area (Å²) < 4.78 is 1.65. The number of nitrogens with zero attached hydrogens (tertiary/aromatic N) is 6. The SMILES string of the molecule is CCN(CC)CCN1C(N)=NCC1c1cn(CCO)nn1. The van der Waals surface area contributed by atoms with Gasteiger partial charge in [-0.2, -0.15) is 0 Å². The predicted molar refractivity (Wildman–Crippen MR) is 80.8 cm³/mol. The first-order valence-corrected chi connectivity index (χ1v) is 7.49. The maximum absolute atomic E-state index is 8.94. The molecule has 0 saturated heterocycles. The Balaban J connectivity index is 2.01. The Labute approximate surface area is 125 Å². The van der Waals surface area contributed by atoms with E-state index in [0.717, 1.165) is 31.9 Å². The van der Waals surface area contributed by atoms with Gasteiger partial charge in [0.1, 0.15) is 5.69 Å². The van der Waals surface area contributed by atoms with E-state index in [1.807, 2.05) is 6.20 Å². The van der Waals surface area contributed by atoms with E-state index in [1.165, 1.54) is 0 Å². The van der Waals surface area contributed by atoms with Gasteiger partial charge in [-0.15, -0.1) is 5.10 Å². The summed E-state index contributed by atoms with van der Waals surface area (Å²) >= 11 is 0. The van der Waals surface area contributed by atoms with Crippen LogP contribution in [0.1, 0.15) is 25.6 Å². The van der Waals surface area contributed by atoms with Gasteiger partial charge in [0.2, 0.25) is 0 Å². The van der Waals surface area contributed by atoms with Gasteiger partial charge in [0.25, 0.3) is 0 Å². The lowest BCUT2D eigenvalue weighted by atomic mass is 10.2. The Bertz CT molecular complexity index is 469. The molecule has 1 aliphatic rings. The van der Waals surface area contributed by atoms with Crippen molar-refractivity contribution in [2.24, 2.45) is 10.7 Å². The molecular formula is C13H25N7O. The molecule has 1 unspecified atom stereocenters. The highest BCUT2D eigenvalue weighted by Gasteiger charge is 2.29. The van der Waals surface area contributed by atoms with Crippen LogP contribution in [-0.2, 0) is 6.54 Å². The molecule has 8 nitrogen and oxygen atoms in total. The summed E-state index contributed by atoms with van der Waals surface area (Å²) in [7, 11) is 0. The predicted octanol–water partition coefficient (Wildman–Crippen LogP) is -0.716. The first-order valence-electron chi connectivity index (χ1n) is 7.49. The van der Waals surface area contributed by atoms with Crippen molar-refractivity contribution in [3.8, 4) is 0 Å². The Morgan fingerprint density at radius 2 is 2.14 bits per heavy atom. The fourth-order valence-electron chi connectivity index (χ4n) is 2.52. The minimum atomic E-state index is 0.0491. The first kappa shape index (κ1) is 15.7. The van der Waals surface area contributed by atoms with Crippen molar-refractivity contribution >= 4 is 5.96 Å². The number of nitrogens with two attached hydrogens (primary N) is 1. The largest absolute Gasteiger partial charge is 0.394 e. The van der Waals surface area contributed by atoms with Crippen LogP contribution in [0.25, 0.3) is 0 Å². The summed E-state index contributed by atoms with van der Waals surface area (Å²) in [5.74, 6) is 0.573. The van der Waals surface area contributed by atoms with Crippen molar-refractivity contribution in [1.82, 2.24) is 24.8 Å². The van der Waals surface area contributed by atoms with Crippen molar-refractivity contribution in [1.29, 1.82) is 0 Å². The number of aromatic nitrogens is 3. The molecule has 1 aliphatic heterocycles. The molecule has 0 aliphatic carbocycles. The zero-order valence-electron chi connectivity index (χ0n) is 12.8. The molecule has 0 spiro atoms. The number of rotatable bonds is 8. The topological polar surface area (TPSA) is 95.8 Å². The van der Waals surface area contributed by atoms with Crippen molar-refractivity contribution in [3.63, 3.8) is 0 Å². The average molecular weight is 295 g/mol. The third kappa shape index (κ3) is 3.70. The van der Waals surface area contributed by atoms with Crippen molar-refractivity contribution in [2.75, 3.05) is 39.3 Å². The highest BCUT2D eigenvalue weighted by atomic mass is 16.3. The third-order valence-corrected chi connectivity index (χ3v) is 3.88. The van der Waals surface area contributed by atoms with Crippen LogP contribution in [0.5, 0.6) is 0 Å². The summed E-state index contributed by atoms with van der Waals surface area (Å²) in [5.41, 5.74) is 6.86. The Morgan fingerprint density at radius 3 is 2.81 bits per heavy atom. The van der Waals surface area contributed by atoms with E-state index in [9.17, 15) is 0 Å². The van der Waals surface area contributed by atoms with Crippen LogP contribution in [0.2, 0.25) is 0 Å². The van der Waals surface area contributed by atoms with Gasteiger partial charge in [0, 0.05) is 13.1 Å². The number of aliphatic imine (C=N–C) groups is 1. The molecule has 0 saturated carbocycles. The number of aliphatic hydroxyl groups excluding tert-OH is 1. The maximum atomic E-state index is 8.94. The fourth-order valence-corrected chi connectivity index (χ4v) is 2.52. The second-order valence-corrected chi connectivity index (χ2v) is 5.07. The minimum absolute atomic E-state index is 0.0491. The zero-order valence-corrected chi connectivity index (χ0v) is 12.8. The number of likely N-dealkylation sites (N-methyl/N-ethyl adjacent to an activating group) is 1. The average Bonchev–Trinajstić information content (AvgIpc) is 3.08. The van der Waals surface area contributed by atoms with Crippen LogP contribution in [-0.4, -0.2) is 75.2 Å². The smallest absolute Gasteiger partial charge is 0.192 e. The van der Waals surface area contributed by atoms with Crippen LogP contribution >= 0.6 is 0 Å². The molecule has 8 heteroatoms. The quantitative estimate of drug-likeness (QED) is 0.657. The maximum Gasteiger partial charge on any atom is 0.192 e. The van der Waals surface area contributed by atoms with Gasteiger partial charge in [0.05, 0.1) is 31.9 Å². The second-order valence-electron chi connectivity index (χ2n) is 5.07. The Hall–Kier alpha value is -1.67. The van der Waals surface area contributed by atoms with E-state index < -0.39 is 0 Å². The molecule has 21 heavy (non-hydrogen) atoms. The first-order chi connectivity index (χ1) is 10.2. The standard InChI is InChI=1S/C13H25N7O/c1-3-18(4-2)5-6-20-12(9-15-13(20)14)11-10-19(7-8-21)17-16-11/h10,12,21H,3-9H2,1-2H3,(H2,14,15). The molecule has 0 fully saturated rings. The molecule has 2 heterocycles. The molecule has 0 aromatic carbocycles. The zero-order chi connectivity index (χ0) is 15.2. The summed E-state index contributed by atoms with van der Waals surface area (Å²) in [6, 6.07) is 0.0491. The fraction of sp³-hybridized carbons (Fsp3) is 0.769. The molecule has 2 rings (SSSR count). The lowest BCUT2D eigenvalue weighted by molar-refractivity contribution is 0.247. The van der Waals surface area contributed by atoms with Gasteiger partial charge in [-0.05, 0) is 13.1 Å². The third-order valence-electron chi connectivity index (χ3n) is 3.88. The second kappa shape index (κ2) is 7.37. The molecule has 3 N–H and O–H groups in total. The minimum Gasteiger partial charge on any atom is -0.394 e. The van der Waals surface area contributed by atoms with Gasteiger partial charge >= 0.3 is 0 Å². The summed E-state index contributed by atoms with van der Waals surface area (Å²) in [4.78, 5) is 8.78. The highest BCUT2D eigenvalue weighted by Crippen LogP contribution is 2.23. The molecule has 1 atom stereocenters. The molecule has 0 amide bonds. The van der Waals surface area contributed by atoms with Gasteiger partial charge in [-0.25, -0.2) is 4.68 Å². The monoisotopic (exact) mass is 295 g/mol. The van der Waals surface area contributed by atoms with Crippen LogP contribution in [0.4, 0.5) is 0 Å². The Morgan fingerprint density at radius 1 is 1.38 bits per heavy atom. The number of guanidine groups is 1. The van der Waals surface area contributed by atoms with Crippen molar-refractivity contribution in [3.05, 3.63) is 11.9 Å². The molecular weight excluding hydrogens is 270 g/mol. The van der Waals surface area contributed by atoms with Gasteiger partial charge in [0.15, 0.2) is 5.96 Å². The lowest BCUT2D eigenvalue weighted by Gasteiger charge is -2.28. The van der Waals surface area contributed by atoms with E-state index in [0.29, 0.717) is 19.0 Å². The normalized spacial score (nSPS) is 18.6. The molecule has 0 radical (unpaired) electrons. The van der Waals surface area contributed by atoms with E-state index >= 15 is 0 Å². The molecule has 0 bridgehead atoms. The van der Waals surface area contributed by atoms with Crippen molar-refractivity contribution in [2.45, 2.75) is 26.4 Å². The Kier molecular flexibility index (Phi) is 5.51. The van der Waals surface area contributed by atoms with E-state index in [2.05, 4.69) is 39.0 Å².